The van der Waals surface area contributed by atoms with Gasteiger partial charge in [-0.1, -0.05) is 0 Å². The molecule has 14 heavy (non-hydrogen) atoms. The molecule has 0 amide bonds. The van der Waals surface area contributed by atoms with Crippen LogP contribution >= 0.6 is 15.9 Å². The first-order valence-corrected chi connectivity index (χ1v) is 4.10. The van der Waals surface area contributed by atoms with Crippen LogP contribution in [0.15, 0.2) is 10.7 Å². The Labute approximate surface area is 84.7 Å². The summed E-state index contributed by atoms with van der Waals surface area (Å²) in [6, 6.07) is 0.453. The van der Waals surface area contributed by atoms with Gasteiger partial charge in [-0.3, -0.25) is 0 Å². The van der Waals surface area contributed by atoms with E-state index in [1.165, 1.54) is 0 Å². The molecule has 0 saturated heterocycles. The lowest BCUT2D eigenvalue weighted by Crippen LogP contribution is -2.06. The number of hydrogen-bond acceptors (Lipinski definition) is 2. The summed E-state index contributed by atoms with van der Waals surface area (Å²) in [6.45, 7) is 0. The van der Waals surface area contributed by atoms with Gasteiger partial charge in [0.1, 0.15) is 4.60 Å². The van der Waals surface area contributed by atoms with Crippen molar-refractivity contribution in [3.05, 3.63) is 27.7 Å². The number of carboxylic acid groups (broad SMARTS) is 1. The standard InChI is InChI=1S/C7H3BrF3NO2/c8-5-4(6(10)11)2(7(13)14)1-3(9)12-5/h1,6H,(H,13,14). The molecular formula is C7H3BrF3NO2. The minimum atomic E-state index is -3.02. The molecule has 1 heterocycles. The predicted molar refractivity (Wildman–Crippen MR) is 43.8 cm³/mol. The normalized spacial score (nSPS) is 10.6. The van der Waals surface area contributed by atoms with Crippen LogP contribution in [0, 0.1) is 5.95 Å². The van der Waals surface area contributed by atoms with E-state index in [2.05, 4.69) is 20.9 Å². The van der Waals surface area contributed by atoms with Gasteiger partial charge in [0.05, 0.1) is 11.1 Å². The fraction of sp³-hybridized carbons (Fsp3) is 0.143. The first-order chi connectivity index (χ1) is 6.43. The molecule has 0 radical (unpaired) electrons. The van der Waals surface area contributed by atoms with E-state index >= 15 is 0 Å². The number of nitrogens with zero attached hydrogens (tertiary/aromatic N) is 1. The summed E-state index contributed by atoms with van der Waals surface area (Å²) in [4.78, 5) is 13.5. The molecule has 0 saturated carbocycles. The van der Waals surface area contributed by atoms with Crippen molar-refractivity contribution in [1.29, 1.82) is 0 Å². The van der Waals surface area contributed by atoms with Gasteiger partial charge < -0.3 is 5.11 Å². The number of carboxylic acids is 1. The largest absolute Gasteiger partial charge is 0.478 e. The summed E-state index contributed by atoms with van der Waals surface area (Å²) in [5.41, 5.74) is -1.61. The molecule has 0 atom stereocenters. The highest BCUT2D eigenvalue weighted by atomic mass is 79.9. The Bertz CT molecular complexity index is 383. The van der Waals surface area contributed by atoms with Gasteiger partial charge in [0.2, 0.25) is 5.95 Å². The molecule has 0 fully saturated rings. The highest BCUT2D eigenvalue weighted by molar-refractivity contribution is 9.10. The average molecular weight is 270 g/mol. The number of aromatic carboxylic acids is 1. The van der Waals surface area contributed by atoms with Gasteiger partial charge in [-0.15, -0.1) is 0 Å². The van der Waals surface area contributed by atoms with Gasteiger partial charge in [-0.25, -0.2) is 18.6 Å². The van der Waals surface area contributed by atoms with Gasteiger partial charge in [0.25, 0.3) is 6.43 Å². The zero-order valence-electron chi connectivity index (χ0n) is 6.47. The molecule has 0 aliphatic rings. The molecule has 0 aliphatic carbocycles. The lowest BCUT2D eigenvalue weighted by atomic mass is 10.1. The Kier molecular flexibility index (Phi) is 3.10. The van der Waals surface area contributed by atoms with Crippen LogP contribution in [-0.4, -0.2) is 16.1 Å². The van der Waals surface area contributed by atoms with Crippen molar-refractivity contribution in [3.63, 3.8) is 0 Å². The number of aromatic nitrogens is 1. The Hall–Kier alpha value is -1.11. The molecule has 1 aromatic rings. The number of hydrogen-bond donors (Lipinski definition) is 1. The molecule has 0 aliphatic heterocycles. The molecule has 0 spiro atoms. The van der Waals surface area contributed by atoms with Crippen LogP contribution in [0.1, 0.15) is 22.3 Å². The molecule has 1 N–H and O–H groups in total. The van der Waals surface area contributed by atoms with E-state index in [0.717, 1.165) is 0 Å². The third-order valence-electron chi connectivity index (χ3n) is 1.43. The third kappa shape index (κ3) is 2.03. The van der Waals surface area contributed by atoms with Crippen LogP contribution in [0.25, 0.3) is 0 Å². The molecule has 1 aromatic heterocycles. The second-order valence-corrected chi connectivity index (χ2v) is 3.05. The van der Waals surface area contributed by atoms with Gasteiger partial charge in [0, 0.05) is 6.07 Å². The van der Waals surface area contributed by atoms with Gasteiger partial charge in [-0.2, -0.15) is 4.39 Å². The minimum absolute atomic E-state index is 0.453. The van der Waals surface area contributed by atoms with E-state index in [1.54, 1.807) is 0 Å². The van der Waals surface area contributed by atoms with E-state index in [4.69, 9.17) is 5.11 Å². The molecule has 0 aromatic carbocycles. The molecule has 7 heteroatoms. The van der Waals surface area contributed by atoms with Gasteiger partial charge >= 0.3 is 5.97 Å². The highest BCUT2D eigenvalue weighted by Crippen LogP contribution is 2.29. The van der Waals surface area contributed by atoms with Crippen molar-refractivity contribution in [3.8, 4) is 0 Å². The fourth-order valence-corrected chi connectivity index (χ4v) is 1.43. The van der Waals surface area contributed by atoms with Crippen LogP contribution in [-0.2, 0) is 0 Å². The summed E-state index contributed by atoms with van der Waals surface area (Å²) in [6.07, 6.45) is -3.02. The SMILES string of the molecule is O=C(O)c1cc(F)nc(Br)c1C(F)F. The van der Waals surface area contributed by atoms with Crippen LogP contribution in [0.4, 0.5) is 13.2 Å². The number of pyridine rings is 1. The molecule has 0 bridgehead atoms. The predicted octanol–water partition coefficient (Wildman–Crippen LogP) is 2.62. The first kappa shape index (κ1) is 11.0. The highest BCUT2D eigenvalue weighted by Gasteiger charge is 2.23. The smallest absolute Gasteiger partial charge is 0.336 e. The Balaban J connectivity index is 3.44. The lowest BCUT2D eigenvalue weighted by Gasteiger charge is -2.06. The van der Waals surface area contributed by atoms with E-state index in [-0.39, 0.29) is 0 Å². The number of carbonyl (C=O) groups is 1. The van der Waals surface area contributed by atoms with Gasteiger partial charge in [-0.05, 0) is 15.9 Å². The maximum Gasteiger partial charge on any atom is 0.336 e. The summed E-state index contributed by atoms with van der Waals surface area (Å²) < 4.78 is 36.7. The molecule has 1 rings (SSSR count). The second kappa shape index (κ2) is 3.95. The summed E-state index contributed by atoms with van der Waals surface area (Å²) in [5.74, 6) is -2.75. The molecule has 76 valence electrons. The number of halogens is 4. The number of alkyl halides is 2. The van der Waals surface area contributed by atoms with Crippen molar-refractivity contribution in [1.82, 2.24) is 4.98 Å². The summed E-state index contributed by atoms with van der Waals surface area (Å²) >= 11 is 2.57. The van der Waals surface area contributed by atoms with Crippen LogP contribution in [0.5, 0.6) is 0 Å². The average Bonchev–Trinajstić information content (AvgIpc) is 2.01. The zero-order chi connectivity index (χ0) is 10.9. The Morgan fingerprint density at radius 2 is 2.14 bits per heavy atom. The molecule has 3 nitrogen and oxygen atoms in total. The van der Waals surface area contributed by atoms with Crippen molar-refractivity contribution in [2.24, 2.45) is 0 Å². The minimum Gasteiger partial charge on any atom is -0.478 e. The maximum atomic E-state index is 12.6. The zero-order valence-corrected chi connectivity index (χ0v) is 8.06. The van der Waals surface area contributed by atoms with Crippen molar-refractivity contribution >= 4 is 21.9 Å². The Morgan fingerprint density at radius 1 is 1.57 bits per heavy atom. The summed E-state index contributed by atoms with van der Waals surface area (Å²) in [7, 11) is 0. The van der Waals surface area contributed by atoms with Crippen molar-refractivity contribution in [2.75, 3.05) is 0 Å². The lowest BCUT2D eigenvalue weighted by molar-refractivity contribution is 0.0683. The number of rotatable bonds is 2. The van der Waals surface area contributed by atoms with Gasteiger partial charge in [0.15, 0.2) is 0 Å². The monoisotopic (exact) mass is 269 g/mol. The molecule has 0 unspecified atom stereocenters. The second-order valence-electron chi connectivity index (χ2n) is 2.30. The van der Waals surface area contributed by atoms with E-state index in [0.29, 0.717) is 6.07 Å². The topological polar surface area (TPSA) is 50.2 Å². The van der Waals surface area contributed by atoms with Crippen molar-refractivity contribution in [2.45, 2.75) is 6.43 Å². The van der Waals surface area contributed by atoms with E-state index in [1.807, 2.05) is 0 Å². The van der Waals surface area contributed by atoms with Crippen LogP contribution < -0.4 is 0 Å². The quantitative estimate of drug-likeness (QED) is 0.840. The molecular weight excluding hydrogens is 267 g/mol. The Morgan fingerprint density at radius 3 is 2.57 bits per heavy atom. The van der Waals surface area contributed by atoms with Crippen LogP contribution in [0.3, 0.4) is 0 Å². The summed E-state index contributed by atoms with van der Waals surface area (Å²) in [5, 5.41) is 8.51. The van der Waals surface area contributed by atoms with Crippen LogP contribution in [0.2, 0.25) is 0 Å². The van der Waals surface area contributed by atoms with E-state index in [9.17, 15) is 18.0 Å². The van der Waals surface area contributed by atoms with Crippen molar-refractivity contribution < 1.29 is 23.1 Å². The first-order valence-electron chi connectivity index (χ1n) is 3.31. The van der Waals surface area contributed by atoms with E-state index < -0.39 is 34.1 Å². The fourth-order valence-electron chi connectivity index (χ4n) is 0.879. The third-order valence-corrected chi connectivity index (χ3v) is 2.03. The maximum absolute atomic E-state index is 12.6.